The molecule has 66 valence electrons. The lowest BCUT2D eigenvalue weighted by Crippen LogP contribution is -2.29. The quantitative estimate of drug-likeness (QED) is 0.373. The molecule has 0 aliphatic carbocycles. The van der Waals surface area contributed by atoms with E-state index in [1.165, 1.54) is 6.92 Å². The van der Waals surface area contributed by atoms with Crippen LogP contribution >= 0.6 is 0 Å². The van der Waals surface area contributed by atoms with Crippen molar-refractivity contribution < 1.29 is 24.6 Å². The Morgan fingerprint density at radius 2 is 1.75 bits per heavy atom. The minimum absolute atomic E-state index is 0.0325. The Kier molecular flexibility index (Phi) is 3.48. The first-order valence-corrected chi connectivity index (χ1v) is 2.89. The lowest BCUT2D eigenvalue weighted by molar-refractivity contribution is -0.149. The average molecular weight is 173 g/mol. The fourth-order valence-electron chi connectivity index (χ4n) is 0.454. The highest BCUT2D eigenvalue weighted by molar-refractivity contribution is 6.31. The van der Waals surface area contributed by atoms with E-state index in [9.17, 15) is 14.4 Å². The van der Waals surface area contributed by atoms with Gasteiger partial charge in [-0.3, -0.25) is 4.79 Å². The molecule has 0 aliphatic heterocycles. The molecular formula is C6H7NO5. The highest BCUT2D eigenvalue weighted by Crippen LogP contribution is 1.85. The summed E-state index contributed by atoms with van der Waals surface area (Å²) >= 11 is 0. The summed E-state index contributed by atoms with van der Waals surface area (Å²) in [5, 5.41) is 18.1. The second-order valence-corrected chi connectivity index (χ2v) is 1.92. The number of aliphatic carboxylic acids is 2. The molecule has 0 heterocycles. The number of carboxylic acids is 2. The lowest BCUT2D eigenvalue weighted by Gasteiger charge is -1.98. The van der Waals surface area contributed by atoms with Crippen molar-refractivity contribution in [2.75, 3.05) is 0 Å². The number of hydrogen-bond donors (Lipinski definition) is 3. The summed E-state index contributed by atoms with van der Waals surface area (Å²) < 4.78 is 0. The molecule has 0 spiro atoms. The molecule has 6 heteroatoms. The Morgan fingerprint density at radius 3 is 2.08 bits per heavy atom. The molecular weight excluding hydrogens is 166 g/mol. The van der Waals surface area contributed by atoms with Gasteiger partial charge in [0, 0.05) is 11.8 Å². The summed E-state index contributed by atoms with van der Waals surface area (Å²) in [7, 11) is 0. The summed E-state index contributed by atoms with van der Waals surface area (Å²) in [6, 6.07) is 0. The zero-order valence-corrected chi connectivity index (χ0v) is 6.20. The SMILES string of the molecule is CC(=CC(=O)O)NC(=O)C(=O)O. The van der Waals surface area contributed by atoms with Crippen LogP contribution in [0.5, 0.6) is 0 Å². The minimum Gasteiger partial charge on any atom is -0.478 e. The van der Waals surface area contributed by atoms with Crippen molar-refractivity contribution in [1.29, 1.82) is 0 Å². The molecule has 0 aliphatic rings. The van der Waals surface area contributed by atoms with Crippen LogP contribution in [-0.4, -0.2) is 28.1 Å². The second kappa shape index (κ2) is 4.12. The molecule has 3 N–H and O–H groups in total. The number of carbonyl (C=O) groups excluding carboxylic acids is 1. The maximum atomic E-state index is 10.4. The molecule has 0 bridgehead atoms. The van der Waals surface area contributed by atoms with Crippen molar-refractivity contribution in [1.82, 2.24) is 5.32 Å². The normalized spacial score (nSPS) is 10.6. The third-order valence-electron chi connectivity index (χ3n) is 0.845. The van der Waals surface area contributed by atoms with E-state index < -0.39 is 17.8 Å². The van der Waals surface area contributed by atoms with Crippen LogP contribution in [0.4, 0.5) is 0 Å². The van der Waals surface area contributed by atoms with Gasteiger partial charge in [-0.15, -0.1) is 0 Å². The Morgan fingerprint density at radius 1 is 1.25 bits per heavy atom. The van der Waals surface area contributed by atoms with Gasteiger partial charge >= 0.3 is 17.8 Å². The first kappa shape index (κ1) is 10.2. The third-order valence-corrected chi connectivity index (χ3v) is 0.845. The molecule has 0 aromatic carbocycles. The van der Waals surface area contributed by atoms with Crippen molar-refractivity contribution >= 4 is 17.8 Å². The van der Waals surface area contributed by atoms with Crippen LogP contribution in [0.15, 0.2) is 11.8 Å². The van der Waals surface area contributed by atoms with Crippen LogP contribution in [-0.2, 0) is 14.4 Å². The van der Waals surface area contributed by atoms with Crippen molar-refractivity contribution in [3.8, 4) is 0 Å². The molecule has 6 nitrogen and oxygen atoms in total. The van der Waals surface area contributed by atoms with Crippen molar-refractivity contribution in [2.45, 2.75) is 6.92 Å². The van der Waals surface area contributed by atoms with E-state index in [0.717, 1.165) is 0 Å². The topological polar surface area (TPSA) is 104 Å². The smallest absolute Gasteiger partial charge is 0.394 e. The van der Waals surface area contributed by atoms with Gasteiger partial charge in [0.05, 0.1) is 0 Å². The van der Waals surface area contributed by atoms with Crippen LogP contribution in [0.1, 0.15) is 6.92 Å². The van der Waals surface area contributed by atoms with Gasteiger partial charge in [0.25, 0.3) is 0 Å². The van der Waals surface area contributed by atoms with Crippen LogP contribution in [0, 0.1) is 0 Å². The Bertz CT molecular complexity index is 255. The standard InChI is InChI=1S/C6H7NO5/c1-3(2-4(8)9)7-5(10)6(11)12/h2H,1H3,(H,7,10)(H,8,9)(H,11,12). The molecule has 0 aromatic heterocycles. The van der Waals surface area contributed by atoms with Crippen LogP contribution < -0.4 is 5.32 Å². The Labute approximate surface area is 67.5 Å². The van der Waals surface area contributed by atoms with E-state index in [1.807, 2.05) is 5.32 Å². The van der Waals surface area contributed by atoms with Gasteiger partial charge in [-0.25, -0.2) is 9.59 Å². The molecule has 0 saturated carbocycles. The van der Waals surface area contributed by atoms with Gasteiger partial charge in [0.1, 0.15) is 0 Å². The van der Waals surface area contributed by atoms with Gasteiger partial charge in [-0.05, 0) is 6.92 Å². The molecule has 0 fully saturated rings. The summed E-state index contributed by atoms with van der Waals surface area (Å²) in [6.07, 6.45) is 0.695. The minimum atomic E-state index is -1.66. The number of carboxylic acid groups (broad SMARTS) is 2. The van der Waals surface area contributed by atoms with E-state index in [1.54, 1.807) is 0 Å². The lowest BCUT2D eigenvalue weighted by atomic mass is 10.4. The number of carbonyl (C=O) groups is 3. The highest BCUT2D eigenvalue weighted by atomic mass is 16.4. The largest absolute Gasteiger partial charge is 0.478 e. The number of allylic oxidation sites excluding steroid dienone is 1. The predicted molar refractivity (Wildman–Crippen MR) is 37.2 cm³/mol. The number of hydrogen-bond acceptors (Lipinski definition) is 3. The highest BCUT2D eigenvalue weighted by Gasteiger charge is 2.10. The maximum absolute atomic E-state index is 10.4. The molecule has 0 unspecified atom stereocenters. The molecule has 0 atom stereocenters. The molecule has 0 aromatic rings. The summed E-state index contributed by atoms with van der Waals surface area (Å²) in [6.45, 7) is 1.27. The summed E-state index contributed by atoms with van der Waals surface area (Å²) in [4.78, 5) is 30.3. The van der Waals surface area contributed by atoms with E-state index in [-0.39, 0.29) is 5.70 Å². The van der Waals surface area contributed by atoms with Crippen molar-refractivity contribution in [3.63, 3.8) is 0 Å². The predicted octanol–water partition coefficient (Wildman–Crippen LogP) is -0.824. The average Bonchev–Trinajstić information content (AvgIpc) is 1.84. The fraction of sp³-hybridized carbons (Fsp3) is 0.167. The molecule has 1 amide bonds. The van der Waals surface area contributed by atoms with E-state index in [4.69, 9.17) is 10.2 Å². The van der Waals surface area contributed by atoms with Crippen molar-refractivity contribution in [3.05, 3.63) is 11.8 Å². The van der Waals surface area contributed by atoms with Gasteiger partial charge in [-0.2, -0.15) is 0 Å². The van der Waals surface area contributed by atoms with E-state index in [2.05, 4.69) is 0 Å². The summed E-state index contributed by atoms with van der Waals surface area (Å²) in [5.41, 5.74) is -0.0325. The van der Waals surface area contributed by atoms with Crippen molar-refractivity contribution in [2.24, 2.45) is 0 Å². The maximum Gasteiger partial charge on any atom is 0.394 e. The zero-order chi connectivity index (χ0) is 9.72. The zero-order valence-electron chi connectivity index (χ0n) is 6.20. The monoisotopic (exact) mass is 173 g/mol. The van der Waals surface area contributed by atoms with Crippen LogP contribution in [0.25, 0.3) is 0 Å². The van der Waals surface area contributed by atoms with Gasteiger partial charge < -0.3 is 15.5 Å². The Balaban J connectivity index is 4.19. The Hall–Kier alpha value is -1.85. The van der Waals surface area contributed by atoms with Gasteiger partial charge in [0.15, 0.2) is 0 Å². The molecule has 0 saturated heterocycles. The van der Waals surface area contributed by atoms with Gasteiger partial charge in [-0.1, -0.05) is 0 Å². The number of amides is 1. The first-order chi connectivity index (χ1) is 5.43. The summed E-state index contributed by atoms with van der Waals surface area (Å²) in [5.74, 6) is -4.17. The molecule has 12 heavy (non-hydrogen) atoms. The van der Waals surface area contributed by atoms with Gasteiger partial charge in [0.2, 0.25) is 0 Å². The fourth-order valence-corrected chi connectivity index (χ4v) is 0.454. The third kappa shape index (κ3) is 4.04. The molecule has 0 radical (unpaired) electrons. The number of nitrogens with one attached hydrogen (secondary N) is 1. The van der Waals surface area contributed by atoms with Crippen LogP contribution in [0.2, 0.25) is 0 Å². The van der Waals surface area contributed by atoms with Crippen LogP contribution in [0.3, 0.4) is 0 Å². The first-order valence-electron chi connectivity index (χ1n) is 2.89. The number of rotatable bonds is 2. The second-order valence-electron chi connectivity index (χ2n) is 1.92. The van der Waals surface area contributed by atoms with E-state index >= 15 is 0 Å². The van der Waals surface area contributed by atoms with E-state index in [0.29, 0.717) is 6.08 Å². The molecule has 0 rings (SSSR count).